The molecule has 6 heteroatoms. The number of rotatable bonds is 9. The van der Waals surface area contributed by atoms with Gasteiger partial charge in [0, 0.05) is 18.7 Å². The van der Waals surface area contributed by atoms with Gasteiger partial charge in [-0.15, -0.1) is 10.2 Å². The highest BCUT2D eigenvalue weighted by atomic mass is 32.2. The predicted octanol–water partition coefficient (Wildman–Crippen LogP) is 3.91. The van der Waals surface area contributed by atoms with Crippen molar-refractivity contribution in [2.45, 2.75) is 51.2 Å². The van der Waals surface area contributed by atoms with Gasteiger partial charge in [0.05, 0.1) is 5.75 Å². The molecule has 25 heavy (non-hydrogen) atoms. The van der Waals surface area contributed by atoms with Crippen LogP contribution in [0.2, 0.25) is 0 Å². The maximum atomic E-state index is 12.1. The average Bonchev–Trinajstić information content (AvgIpc) is 2.94. The van der Waals surface area contributed by atoms with Gasteiger partial charge in [0.1, 0.15) is 0 Å². The first-order valence-corrected chi connectivity index (χ1v) is 9.83. The van der Waals surface area contributed by atoms with Crippen molar-refractivity contribution in [3.05, 3.63) is 30.3 Å². The molecule has 0 aliphatic heterocycles. The van der Waals surface area contributed by atoms with Crippen LogP contribution in [-0.2, 0) is 11.8 Å². The Labute approximate surface area is 154 Å². The molecule has 0 aliphatic carbocycles. The number of amides is 1. The van der Waals surface area contributed by atoms with E-state index in [0.717, 1.165) is 29.4 Å². The molecule has 1 unspecified atom stereocenters. The van der Waals surface area contributed by atoms with Crippen molar-refractivity contribution in [1.82, 2.24) is 20.1 Å². The molecule has 2 aromatic rings. The Hall–Kier alpha value is -1.82. The van der Waals surface area contributed by atoms with E-state index in [1.165, 1.54) is 18.2 Å². The monoisotopic (exact) mass is 360 g/mol. The molecule has 1 amide bonds. The number of hydrogen-bond donors (Lipinski definition) is 1. The molecule has 0 saturated heterocycles. The van der Waals surface area contributed by atoms with E-state index in [0.29, 0.717) is 11.7 Å². The van der Waals surface area contributed by atoms with Crippen LogP contribution in [0.25, 0.3) is 11.4 Å². The highest BCUT2D eigenvalue weighted by molar-refractivity contribution is 7.99. The molecule has 1 aromatic carbocycles. The zero-order valence-electron chi connectivity index (χ0n) is 15.5. The fraction of sp³-hybridized carbons (Fsp3) is 0.526. The second-order valence-corrected chi connectivity index (χ2v) is 7.76. The molecule has 0 spiro atoms. The van der Waals surface area contributed by atoms with E-state index >= 15 is 0 Å². The Balaban J connectivity index is 1.81. The lowest BCUT2D eigenvalue weighted by atomic mass is 10.0. The molecule has 5 nitrogen and oxygen atoms in total. The maximum Gasteiger partial charge on any atom is 0.230 e. The van der Waals surface area contributed by atoms with Gasteiger partial charge in [-0.05, 0) is 19.3 Å². The van der Waals surface area contributed by atoms with Gasteiger partial charge in [-0.25, -0.2) is 0 Å². The van der Waals surface area contributed by atoms with Gasteiger partial charge in [-0.1, -0.05) is 68.8 Å². The first-order chi connectivity index (χ1) is 12.0. The van der Waals surface area contributed by atoms with Crippen LogP contribution in [-0.4, -0.2) is 32.5 Å². The van der Waals surface area contributed by atoms with Crippen molar-refractivity contribution in [3.63, 3.8) is 0 Å². The molecule has 1 heterocycles. The Morgan fingerprint density at radius 2 is 1.88 bits per heavy atom. The van der Waals surface area contributed by atoms with Gasteiger partial charge < -0.3 is 9.88 Å². The second kappa shape index (κ2) is 9.61. The van der Waals surface area contributed by atoms with Crippen molar-refractivity contribution < 1.29 is 4.79 Å². The third-order valence-electron chi connectivity index (χ3n) is 4.03. The largest absolute Gasteiger partial charge is 0.353 e. The smallest absolute Gasteiger partial charge is 0.230 e. The van der Waals surface area contributed by atoms with Crippen LogP contribution in [0, 0.1) is 5.92 Å². The molecular formula is C19H28N4OS. The SMILES string of the molecule is CC(C)CCCC(C)NC(=O)CSc1nnc(-c2ccccc2)n1C. The number of aromatic nitrogens is 3. The lowest BCUT2D eigenvalue weighted by Crippen LogP contribution is -2.33. The first kappa shape index (κ1) is 19.5. The van der Waals surface area contributed by atoms with Gasteiger partial charge in [0.2, 0.25) is 5.91 Å². The third-order valence-corrected chi connectivity index (χ3v) is 5.05. The number of thioether (sulfide) groups is 1. The van der Waals surface area contributed by atoms with Crippen LogP contribution in [0.1, 0.15) is 40.0 Å². The van der Waals surface area contributed by atoms with Crippen molar-refractivity contribution in [1.29, 1.82) is 0 Å². The highest BCUT2D eigenvalue weighted by Crippen LogP contribution is 2.22. The van der Waals surface area contributed by atoms with E-state index in [1.54, 1.807) is 0 Å². The van der Waals surface area contributed by atoms with E-state index in [-0.39, 0.29) is 11.9 Å². The number of hydrogen-bond acceptors (Lipinski definition) is 4. The van der Waals surface area contributed by atoms with Gasteiger partial charge in [0.15, 0.2) is 11.0 Å². The minimum atomic E-state index is 0.0475. The molecule has 0 bridgehead atoms. The standard InChI is InChI=1S/C19H28N4OS/c1-14(2)9-8-10-15(3)20-17(24)13-25-19-22-21-18(23(19)4)16-11-6-5-7-12-16/h5-7,11-12,14-15H,8-10,13H2,1-4H3,(H,20,24). The van der Waals surface area contributed by atoms with Crippen LogP contribution in [0.3, 0.4) is 0 Å². The topological polar surface area (TPSA) is 59.8 Å². The van der Waals surface area contributed by atoms with Crippen LogP contribution in [0.15, 0.2) is 35.5 Å². The van der Waals surface area contributed by atoms with Crippen molar-refractivity contribution in [3.8, 4) is 11.4 Å². The molecule has 1 atom stereocenters. The summed E-state index contributed by atoms with van der Waals surface area (Å²) in [5.74, 6) is 1.93. The number of benzene rings is 1. The lowest BCUT2D eigenvalue weighted by Gasteiger charge is -2.14. The summed E-state index contributed by atoms with van der Waals surface area (Å²) >= 11 is 1.42. The van der Waals surface area contributed by atoms with Gasteiger partial charge in [0.25, 0.3) is 0 Å². The molecule has 1 N–H and O–H groups in total. The third kappa shape index (κ3) is 6.20. The lowest BCUT2D eigenvalue weighted by molar-refractivity contribution is -0.119. The summed E-state index contributed by atoms with van der Waals surface area (Å²) in [5, 5.41) is 12.3. The van der Waals surface area contributed by atoms with Crippen LogP contribution < -0.4 is 5.32 Å². The van der Waals surface area contributed by atoms with Crippen molar-refractivity contribution in [2.24, 2.45) is 13.0 Å². The second-order valence-electron chi connectivity index (χ2n) is 6.81. The molecule has 0 saturated carbocycles. The summed E-state index contributed by atoms with van der Waals surface area (Å²) < 4.78 is 1.93. The summed E-state index contributed by atoms with van der Waals surface area (Å²) in [6.45, 7) is 6.52. The maximum absolute atomic E-state index is 12.1. The normalized spacial score (nSPS) is 12.4. The minimum absolute atomic E-state index is 0.0475. The molecule has 0 fully saturated rings. The molecule has 0 radical (unpaired) electrons. The number of nitrogens with zero attached hydrogens (tertiary/aromatic N) is 3. The van der Waals surface area contributed by atoms with Gasteiger partial charge in [-0.3, -0.25) is 4.79 Å². The van der Waals surface area contributed by atoms with E-state index in [9.17, 15) is 4.79 Å². The summed E-state index contributed by atoms with van der Waals surface area (Å²) in [6, 6.07) is 10.2. The zero-order valence-corrected chi connectivity index (χ0v) is 16.3. The Bertz CT molecular complexity index is 669. The molecule has 2 rings (SSSR count). The molecule has 0 aliphatic rings. The first-order valence-electron chi connectivity index (χ1n) is 8.84. The van der Waals surface area contributed by atoms with Gasteiger partial charge >= 0.3 is 0 Å². The summed E-state index contributed by atoms with van der Waals surface area (Å²) in [6.07, 6.45) is 3.38. The Kier molecular flexibility index (Phi) is 7.50. The van der Waals surface area contributed by atoms with Gasteiger partial charge in [-0.2, -0.15) is 0 Å². The Morgan fingerprint density at radius 1 is 1.16 bits per heavy atom. The van der Waals surface area contributed by atoms with E-state index < -0.39 is 0 Å². The zero-order chi connectivity index (χ0) is 18.2. The summed E-state index contributed by atoms with van der Waals surface area (Å²) in [5.41, 5.74) is 1.02. The average molecular weight is 361 g/mol. The van der Waals surface area contributed by atoms with Crippen molar-refractivity contribution in [2.75, 3.05) is 5.75 Å². The number of carbonyl (C=O) groups excluding carboxylic acids is 1. The minimum Gasteiger partial charge on any atom is -0.353 e. The van der Waals surface area contributed by atoms with Crippen molar-refractivity contribution >= 4 is 17.7 Å². The number of carbonyl (C=O) groups is 1. The van der Waals surface area contributed by atoms with Crippen LogP contribution in [0.4, 0.5) is 0 Å². The summed E-state index contributed by atoms with van der Waals surface area (Å²) in [4.78, 5) is 12.1. The van der Waals surface area contributed by atoms with E-state index in [4.69, 9.17) is 0 Å². The quantitative estimate of drug-likeness (QED) is 0.689. The van der Waals surface area contributed by atoms with Crippen LogP contribution in [0.5, 0.6) is 0 Å². The highest BCUT2D eigenvalue weighted by Gasteiger charge is 2.13. The number of nitrogens with one attached hydrogen (secondary N) is 1. The summed E-state index contributed by atoms with van der Waals surface area (Å²) in [7, 11) is 1.93. The molecular weight excluding hydrogens is 332 g/mol. The predicted molar refractivity (Wildman–Crippen MR) is 103 cm³/mol. The van der Waals surface area contributed by atoms with Crippen LogP contribution >= 0.6 is 11.8 Å². The van der Waals surface area contributed by atoms with E-state index in [2.05, 4.69) is 36.3 Å². The fourth-order valence-corrected chi connectivity index (χ4v) is 3.35. The molecule has 136 valence electrons. The fourth-order valence-electron chi connectivity index (χ4n) is 2.63. The van der Waals surface area contributed by atoms with E-state index in [1.807, 2.05) is 41.9 Å². The molecule has 1 aromatic heterocycles. The Morgan fingerprint density at radius 3 is 2.56 bits per heavy atom.